The van der Waals surface area contributed by atoms with Gasteiger partial charge in [0.1, 0.15) is 0 Å². The van der Waals surface area contributed by atoms with Crippen LogP contribution in [0.4, 0.5) is 0 Å². The second kappa shape index (κ2) is 8.20. The van der Waals surface area contributed by atoms with Gasteiger partial charge < -0.3 is 15.8 Å². The summed E-state index contributed by atoms with van der Waals surface area (Å²) >= 11 is 0. The number of rotatable bonds is 4. The summed E-state index contributed by atoms with van der Waals surface area (Å²) in [6, 6.07) is 0. The number of nitrogens with one attached hydrogen (secondary N) is 1. The normalized spacial score (nSPS) is 29.3. The zero-order chi connectivity index (χ0) is 13.7. The van der Waals surface area contributed by atoms with Crippen LogP contribution in [-0.4, -0.2) is 31.2 Å². The molecule has 0 aromatic heterocycles. The van der Waals surface area contributed by atoms with Gasteiger partial charge >= 0.3 is 0 Å². The molecule has 0 spiro atoms. The number of carbonyl (C=O) groups is 1. The molecule has 1 aliphatic carbocycles. The van der Waals surface area contributed by atoms with Gasteiger partial charge in [-0.25, -0.2) is 0 Å². The Hall–Kier alpha value is -0.320. The molecule has 1 heterocycles. The van der Waals surface area contributed by atoms with Crippen molar-refractivity contribution >= 4 is 18.3 Å². The monoisotopic (exact) mass is 304 g/mol. The van der Waals surface area contributed by atoms with E-state index >= 15 is 0 Å². The van der Waals surface area contributed by atoms with Crippen LogP contribution in [0.15, 0.2) is 0 Å². The minimum absolute atomic E-state index is 0. The van der Waals surface area contributed by atoms with Gasteiger partial charge in [0.15, 0.2) is 0 Å². The molecule has 5 heteroatoms. The Bertz CT molecular complexity index is 298. The Kier molecular flexibility index (Phi) is 7.27. The number of hydrogen-bond acceptors (Lipinski definition) is 3. The third-order valence-corrected chi connectivity index (χ3v) is 4.93. The van der Waals surface area contributed by atoms with E-state index in [4.69, 9.17) is 10.5 Å². The maximum Gasteiger partial charge on any atom is 0.240 e. The topological polar surface area (TPSA) is 64.4 Å². The van der Waals surface area contributed by atoms with Crippen molar-refractivity contribution in [2.45, 2.75) is 57.4 Å². The molecule has 4 nitrogen and oxygen atoms in total. The maximum atomic E-state index is 12.2. The fourth-order valence-electron chi connectivity index (χ4n) is 3.22. The first-order valence-electron chi connectivity index (χ1n) is 7.79. The van der Waals surface area contributed by atoms with Gasteiger partial charge in [0.2, 0.25) is 5.91 Å². The van der Waals surface area contributed by atoms with Crippen molar-refractivity contribution < 1.29 is 9.53 Å². The van der Waals surface area contributed by atoms with Gasteiger partial charge in [-0.3, -0.25) is 4.79 Å². The summed E-state index contributed by atoms with van der Waals surface area (Å²) in [7, 11) is 0. The van der Waals surface area contributed by atoms with Gasteiger partial charge in [-0.1, -0.05) is 26.2 Å². The number of halogens is 1. The predicted molar refractivity (Wildman–Crippen MR) is 83.0 cm³/mol. The summed E-state index contributed by atoms with van der Waals surface area (Å²) in [6.07, 6.45) is 7.71. The molecule has 0 unspecified atom stereocenters. The van der Waals surface area contributed by atoms with E-state index in [1.54, 1.807) is 0 Å². The highest BCUT2D eigenvalue weighted by atomic mass is 35.5. The molecule has 0 aromatic carbocycles. The summed E-state index contributed by atoms with van der Waals surface area (Å²) in [6.45, 7) is 4.28. The lowest BCUT2D eigenvalue weighted by molar-refractivity contribution is -0.130. The molecule has 1 saturated heterocycles. The van der Waals surface area contributed by atoms with Crippen LogP contribution in [0, 0.1) is 11.8 Å². The van der Waals surface area contributed by atoms with Crippen molar-refractivity contribution in [3.05, 3.63) is 0 Å². The highest BCUT2D eigenvalue weighted by Gasteiger charge is 2.36. The molecule has 1 saturated carbocycles. The lowest BCUT2D eigenvalue weighted by Crippen LogP contribution is -2.57. The van der Waals surface area contributed by atoms with Gasteiger partial charge in [0, 0.05) is 19.8 Å². The summed E-state index contributed by atoms with van der Waals surface area (Å²) in [5.74, 6) is 1.58. The second-order valence-corrected chi connectivity index (χ2v) is 6.27. The van der Waals surface area contributed by atoms with Crippen molar-refractivity contribution in [3.63, 3.8) is 0 Å². The molecule has 0 aromatic rings. The maximum absolute atomic E-state index is 12.2. The Morgan fingerprint density at radius 1 is 1.20 bits per heavy atom. The summed E-state index contributed by atoms with van der Waals surface area (Å²) in [4.78, 5) is 12.2. The molecule has 0 radical (unpaired) electrons. The van der Waals surface area contributed by atoms with Crippen LogP contribution in [0.3, 0.4) is 0 Å². The van der Waals surface area contributed by atoms with Gasteiger partial charge in [0.05, 0.1) is 5.54 Å². The minimum atomic E-state index is -0.696. The van der Waals surface area contributed by atoms with Crippen LogP contribution < -0.4 is 11.1 Å². The predicted octanol–water partition coefficient (Wildman–Crippen LogP) is 2.25. The number of nitrogens with two attached hydrogens (primary N) is 1. The standard InChI is InChI=1S/C15H28N2O2.ClH/c1-2-12-3-5-13(6-4-12)11-17-14(18)15(16)7-9-19-10-8-15;/h12-13H,2-11,16H2,1H3,(H,17,18);1H. The van der Waals surface area contributed by atoms with Crippen LogP contribution >= 0.6 is 12.4 Å². The Balaban J connectivity index is 0.00000200. The van der Waals surface area contributed by atoms with E-state index in [1.165, 1.54) is 32.1 Å². The molecule has 1 amide bonds. The highest BCUT2D eigenvalue weighted by molar-refractivity contribution is 5.86. The molecule has 118 valence electrons. The first kappa shape index (κ1) is 17.7. The zero-order valence-electron chi connectivity index (χ0n) is 12.5. The number of ether oxygens (including phenoxy) is 1. The van der Waals surface area contributed by atoms with E-state index in [0.717, 1.165) is 12.5 Å². The number of carbonyl (C=O) groups excluding carboxylic acids is 1. The zero-order valence-corrected chi connectivity index (χ0v) is 13.3. The van der Waals surface area contributed by atoms with Gasteiger partial charge in [-0.2, -0.15) is 0 Å². The van der Waals surface area contributed by atoms with E-state index < -0.39 is 5.54 Å². The second-order valence-electron chi connectivity index (χ2n) is 6.27. The van der Waals surface area contributed by atoms with Crippen molar-refractivity contribution in [2.24, 2.45) is 17.6 Å². The molecule has 2 fully saturated rings. The minimum Gasteiger partial charge on any atom is -0.381 e. The first-order valence-corrected chi connectivity index (χ1v) is 7.79. The number of hydrogen-bond donors (Lipinski definition) is 2. The van der Waals surface area contributed by atoms with Gasteiger partial charge in [-0.05, 0) is 37.5 Å². The van der Waals surface area contributed by atoms with Crippen LogP contribution in [0.5, 0.6) is 0 Å². The quantitative estimate of drug-likeness (QED) is 0.837. The van der Waals surface area contributed by atoms with Crippen LogP contribution in [0.25, 0.3) is 0 Å². The third kappa shape index (κ3) is 4.61. The average molecular weight is 305 g/mol. The van der Waals surface area contributed by atoms with E-state index in [0.29, 0.717) is 32.0 Å². The molecular formula is C15H29ClN2O2. The summed E-state index contributed by atoms with van der Waals surface area (Å²) in [5.41, 5.74) is 5.47. The Morgan fingerprint density at radius 2 is 1.75 bits per heavy atom. The highest BCUT2D eigenvalue weighted by Crippen LogP contribution is 2.30. The average Bonchev–Trinajstić information content (AvgIpc) is 2.46. The molecule has 3 N–H and O–H groups in total. The van der Waals surface area contributed by atoms with Crippen molar-refractivity contribution in [2.75, 3.05) is 19.8 Å². The Morgan fingerprint density at radius 3 is 2.30 bits per heavy atom. The fourth-order valence-corrected chi connectivity index (χ4v) is 3.22. The Labute approximate surface area is 128 Å². The van der Waals surface area contributed by atoms with E-state index in [1.807, 2.05) is 0 Å². The molecule has 20 heavy (non-hydrogen) atoms. The smallest absolute Gasteiger partial charge is 0.240 e. The van der Waals surface area contributed by atoms with Crippen molar-refractivity contribution in [1.29, 1.82) is 0 Å². The van der Waals surface area contributed by atoms with Crippen molar-refractivity contribution in [1.82, 2.24) is 5.32 Å². The van der Waals surface area contributed by atoms with Crippen LogP contribution in [0.2, 0.25) is 0 Å². The van der Waals surface area contributed by atoms with E-state index in [9.17, 15) is 4.79 Å². The summed E-state index contributed by atoms with van der Waals surface area (Å²) in [5, 5.41) is 3.08. The summed E-state index contributed by atoms with van der Waals surface area (Å²) < 4.78 is 5.27. The molecule has 2 rings (SSSR count). The van der Waals surface area contributed by atoms with Gasteiger partial charge in [0.25, 0.3) is 0 Å². The largest absolute Gasteiger partial charge is 0.381 e. The lowest BCUT2D eigenvalue weighted by Gasteiger charge is -2.33. The SMILES string of the molecule is CCC1CCC(CNC(=O)C2(N)CCOCC2)CC1.Cl. The van der Waals surface area contributed by atoms with E-state index in [2.05, 4.69) is 12.2 Å². The number of amides is 1. The molecular weight excluding hydrogens is 276 g/mol. The lowest BCUT2D eigenvalue weighted by atomic mass is 9.80. The molecule has 2 aliphatic rings. The molecule has 0 bridgehead atoms. The van der Waals surface area contributed by atoms with Gasteiger partial charge in [-0.15, -0.1) is 12.4 Å². The van der Waals surface area contributed by atoms with E-state index in [-0.39, 0.29) is 18.3 Å². The van der Waals surface area contributed by atoms with Crippen LogP contribution in [-0.2, 0) is 9.53 Å². The molecule has 1 aliphatic heterocycles. The van der Waals surface area contributed by atoms with Crippen molar-refractivity contribution in [3.8, 4) is 0 Å². The first-order chi connectivity index (χ1) is 9.14. The third-order valence-electron chi connectivity index (χ3n) is 4.93. The fraction of sp³-hybridized carbons (Fsp3) is 0.933. The van der Waals surface area contributed by atoms with Crippen LogP contribution in [0.1, 0.15) is 51.9 Å². The molecule has 0 atom stereocenters.